The molecule has 0 unspecified atom stereocenters. The number of fused-ring (bicyclic) bond motifs is 1. The van der Waals surface area contributed by atoms with E-state index in [9.17, 15) is 5.11 Å². The van der Waals surface area contributed by atoms with Gasteiger partial charge in [0.25, 0.3) is 0 Å². The molecule has 0 fully saturated rings. The van der Waals surface area contributed by atoms with E-state index >= 15 is 0 Å². The van der Waals surface area contributed by atoms with Crippen molar-refractivity contribution in [3.05, 3.63) is 59.2 Å². The molecule has 0 amide bonds. The van der Waals surface area contributed by atoms with E-state index in [2.05, 4.69) is 15.3 Å². The summed E-state index contributed by atoms with van der Waals surface area (Å²) in [4.78, 5) is 8.67. The van der Waals surface area contributed by atoms with Gasteiger partial charge in [0.05, 0.1) is 19.2 Å². The van der Waals surface area contributed by atoms with Crippen LogP contribution in [-0.4, -0.2) is 36.5 Å². The van der Waals surface area contributed by atoms with Crippen LogP contribution >= 0.6 is 11.6 Å². The van der Waals surface area contributed by atoms with Crippen molar-refractivity contribution >= 4 is 34.4 Å². The van der Waals surface area contributed by atoms with Gasteiger partial charge in [-0.2, -0.15) is 0 Å². The number of aromatic hydroxyl groups is 1. The highest BCUT2D eigenvalue weighted by Gasteiger charge is 2.02. The Morgan fingerprint density at radius 1 is 1.24 bits per heavy atom. The van der Waals surface area contributed by atoms with Gasteiger partial charge in [0.2, 0.25) is 0 Å². The van der Waals surface area contributed by atoms with Crippen molar-refractivity contribution in [2.75, 3.05) is 25.5 Å². The molecule has 2 aromatic carbocycles. The molecule has 1 aromatic heterocycles. The SMILES string of the molecule is COc1ccc(O)c(C=NCCNc2ccnc3cc(Cl)ccc23)c1. The number of phenolic OH excluding ortho intramolecular Hbond substituents is 1. The van der Waals surface area contributed by atoms with Gasteiger partial charge in [-0.25, -0.2) is 0 Å². The third-order valence-electron chi connectivity index (χ3n) is 3.73. The lowest BCUT2D eigenvalue weighted by Gasteiger charge is -2.08. The maximum atomic E-state index is 9.83. The average Bonchev–Trinajstić information content (AvgIpc) is 2.62. The minimum absolute atomic E-state index is 0.175. The lowest BCUT2D eigenvalue weighted by molar-refractivity contribution is 0.412. The zero-order valence-electron chi connectivity index (χ0n) is 13.7. The lowest BCUT2D eigenvalue weighted by Crippen LogP contribution is -2.05. The number of pyridine rings is 1. The normalized spacial score (nSPS) is 11.1. The number of halogens is 1. The number of ether oxygens (including phenoxy) is 1. The molecular formula is C19H18ClN3O2. The molecule has 5 nitrogen and oxygen atoms in total. The predicted octanol–water partition coefficient (Wildman–Crippen LogP) is 4.13. The predicted molar refractivity (Wildman–Crippen MR) is 102 cm³/mol. The van der Waals surface area contributed by atoms with Gasteiger partial charge in [-0.1, -0.05) is 11.6 Å². The van der Waals surface area contributed by atoms with Crippen LogP contribution in [0.25, 0.3) is 10.9 Å². The van der Waals surface area contributed by atoms with Gasteiger partial charge in [0, 0.05) is 40.6 Å². The molecule has 0 bridgehead atoms. The summed E-state index contributed by atoms with van der Waals surface area (Å²) in [6.07, 6.45) is 3.39. The lowest BCUT2D eigenvalue weighted by atomic mass is 10.2. The molecule has 0 spiro atoms. The van der Waals surface area contributed by atoms with E-state index in [1.807, 2.05) is 24.3 Å². The fourth-order valence-corrected chi connectivity index (χ4v) is 2.62. The Morgan fingerprint density at radius 3 is 2.96 bits per heavy atom. The Hall–Kier alpha value is -2.79. The van der Waals surface area contributed by atoms with E-state index in [0.717, 1.165) is 16.6 Å². The molecule has 2 N–H and O–H groups in total. The summed E-state index contributed by atoms with van der Waals surface area (Å²) in [6.45, 7) is 1.22. The smallest absolute Gasteiger partial charge is 0.124 e. The number of hydrogen-bond acceptors (Lipinski definition) is 5. The standard InChI is InChI=1S/C19H18ClN3O2/c1-25-15-3-5-19(24)13(10-15)12-21-8-9-23-17-6-7-22-18-11-14(20)2-4-16(17)18/h2-7,10-12,24H,8-9H2,1H3,(H,22,23). The summed E-state index contributed by atoms with van der Waals surface area (Å²) in [5.74, 6) is 0.855. The summed E-state index contributed by atoms with van der Waals surface area (Å²) >= 11 is 6.00. The van der Waals surface area contributed by atoms with Crippen LogP contribution in [0.2, 0.25) is 5.02 Å². The van der Waals surface area contributed by atoms with Crippen LogP contribution < -0.4 is 10.1 Å². The number of benzene rings is 2. The van der Waals surface area contributed by atoms with Gasteiger partial charge < -0.3 is 15.2 Å². The monoisotopic (exact) mass is 355 g/mol. The molecule has 0 aliphatic heterocycles. The summed E-state index contributed by atoms with van der Waals surface area (Å²) in [7, 11) is 1.59. The Kier molecular flexibility index (Phi) is 5.36. The van der Waals surface area contributed by atoms with Crippen molar-refractivity contribution in [3.63, 3.8) is 0 Å². The molecule has 3 rings (SSSR count). The molecule has 3 aromatic rings. The van der Waals surface area contributed by atoms with Crippen LogP contribution in [0, 0.1) is 0 Å². The molecule has 128 valence electrons. The van der Waals surface area contributed by atoms with Crippen molar-refractivity contribution in [3.8, 4) is 11.5 Å². The van der Waals surface area contributed by atoms with Crippen LogP contribution in [-0.2, 0) is 0 Å². The minimum Gasteiger partial charge on any atom is -0.507 e. The highest BCUT2D eigenvalue weighted by molar-refractivity contribution is 6.31. The van der Waals surface area contributed by atoms with Crippen molar-refractivity contribution in [1.82, 2.24) is 4.98 Å². The van der Waals surface area contributed by atoms with Crippen LogP contribution in [0.15, 0.2) is 53.7 Å². The van der Waals surface area contributed by atoms with Gasteiger partial charge in [0.1, 0.15) is 11.5 Å². The third kappa shape index (κ3) is 4.19. The van der Waals surface area contributed by atoms with Gasteiger partial charge in [-0.05, 0) is 42.5 Å². The molecule has 0 atom stereocenters. The van der Waals surface area contributed by atoms with E-state index in [0.29, 0.717) is 29.4 Å². The second kappa shape index (κ2) is 7.85. The molecule has 6 heteroatoms. The first-order valence-electron chi connectivity index (χ1n) is 7.82. The van der Waals surface area contributed by atoms with Crippen molar-refractivity contribution in [2.45, 2.75) is 0 Å². The van der Waals surface area contributed by atoms with E-state index in [1.54, 1.807) is 37.7 Å². The quantitative estimate of drug-likeness (QED) is 0.515. The summed E-state index contributed by atoms with van der Waals surface area (Å²) in [5.41, 5.74) is 2.46. The maximum Gasteiger partial charge on any atom is 0.124 e. The van der Waals surface area contributed by atoms with Crippen LogP contribution in [0.4, 0.5) is 5.69 Å². The largest absolute Gasteiger partial charge is 0.507 e. The number of hydrogen-bond donors (Lipinski definition) is 2. The number of rotatable bonds is 6. The van der Waals surface area contributed by atoms with Crippen LogP contribution in [0.5, 0.6) is 11.5 Å². The highest BCUT2D eigenvalue weighted by Crippen LogP contribution is 2.24. The van der Waals surface area contributed by atoms with Gasteiger partial charge >= 0.3 is 0 Å². The fourth-order valence-electron chi connectivity index (χ4n) is 2.46. The number of aliphatic imine (C=N–C) groups is 1. The molecule has 25 heavy (non-hydrogen) atoms. The summed E-state index contributed by atoms with van der Waals surface area (Å²) in [5, 5.41) is 14.9. The summed E-state index contributed by atoms with van der Waals surface area (Å²) < 4.78 is 5.14. The highest BCUT2D eigenvalue weighted by atomic mass is 35.5. The fraction of sp³-hybridized carbons (Fsp3) is 0.158. The van der Waals surface area contributed by atoms with Crippen LogP contribution in [0.1, 0.15) is 5.56 Å². The minimum atomic E-state index is 0.175. The molecular weight excluding hydrogens is 338 g/mol. The van der Waals surface area contributed by atoms with Crippen LogP contribution in [0.3, 0.4) is 0 Å². The Morgan fingerprint density at radius 2 is 2.12 bits per heavy atom. The first-order chi connectivity index (χ1) is 12.2. The summed E-state index contributed by atoms with van der Waals surface area (Å²) in [6, 6.07) is 12.6. The number of aromatic nitrogens is 1. The zero-order valence-corrected chi connectivity index (χ0v) is 14.5. The first kappa shape index (κ1) is 17.0. The molecule has 0 aliphatic rings. The second-order valence-electron chi connectivity index (χ2n) is 5.41. The number of methoxy groups -OCH3 is 1. The van der Waals surface area contributed by atoms with Gasteiger partial charge in [-0.3, -0.25) is 9.98 Å². The Labute approximate surface area is 151 Å². The van der Waals surface area contributed by atoms with E-state index in [-0.39, 0.29) is 5.75 Å². The Balaban J connectivity index is 1.62. The number of nitrogens with zero attached hydrogens (tertiary/aromatic N) is 2. The van der Waals surface area contributed by atoms with E-state index < -0.39 is 0 Å². The first-order valence-corrected chi connectivity index (χ1v) is 8.20. The van der Waals surface area contributed by atoms with E-state index in [4.69, 9.17) is 16.3 Å². The third-order valence-corrected chi connectivity index (χ3v) is 3.96. The van der Waals surface area contributed by atoms with Gasteiger partial charge in [0.15, 0.2) is 0 Å². The van der Waals surface area contributed by atoms with Crippen molar-refractivity contribution in [1.29, 1.82) is 0 Å². The molecule has 1 heterocycles. The average molecular weight is 356 g/mol. The number of anilines is 1. The van der Waals surface area contributed by atoms with E-state index in [1.165, 1.54) is 0 Å². The molecule has 0 aliphatic carbocycles. The Bertz CT molecular complexity index is 912. The second-order valence-corrected chi connectivity index (χ2v) is 5.84. The number of phenols is 1. The maximum absolute atomic E-state index is 9.83. The number of nitrogens with one attached hydrogen (secondary N) is 1. The molecule has 0 saturated carbocycles. The van der Waals surface area contributed by atoms with Gasteiger partial charge in [-0.15, -0.1) is 0 Å². The van der Waals surface area contributed by atoms with Crippen molar-refractivity contribution < 1.29 is 9.84 Å². The van der Waals surface area contributed by atoms with Crippen molar-refractivity contribution in [2.24, 2.45) is 4.99 Å². The molecule has 0 radical (unpaired) electrons. The molecule has 0 saturated heterocycles. The zero-order chi connectivity index (χ0) is 17.6. The topological polar surface area (TPSA) is 66.7 Å².